The summed E-state index contributed by atoms with van der Waals surface area (Å²) in [5, 5.41) is 18.5. The van der Waals surface area contributed by atoms with Gasteiger partial charge < -0.3 is 19.7 Å². The number of unbranched alkanes of at least 4 members (excludes halogenated alkanes) is 4. The largest absolute Gasteiger partial charge is 0.465 e. The number of ether oxygens (including phenoxy) is 2. The Bertz CT molecular complexity index is 236. The molecule has 0 amide bonds. The minimum Gasteiger partial charge on any atom is -0.465 e. The maximum absolute atomic E-state index is 11.6. The van der Waals surface area contributed by atoms with E-state index in [0.29, 0.717) is 12.8 Å². The summed E-state index contributed by atoms with van der Waals surface area (Å²) in [6.07, 6.45) is 6.18. The lowest BCUT2D eigenvalue weighted by atomic mass is 9.87. The van der Waals surface area contributed by atoms with Crippen LogP contribution in [0, 0.1) is 5.41 Å². The van der Waals surface area contributed by atoms with Gasteiger partial charge in [0.15, 0.2) is 0 Å². The quantitative estimate of drug-likeness (QED) is 0.400. The molecule has 0 aliphatic carbocycles. The molecule has 0 heterocycles. The molecular formula is C15H30O5. The van der Waals surface area contributed by atoms with Crippen molar-refractivity contribution in [1.82, 2.24) is 0 Å². The van der Waals surface area contributed by atoms with Crippen molar-refractivity contribution in [3.63, 3.8) is 0 Å². The molecule has 120 valence electrons. The second-order valence-electron chi connectivity index (χ2n) is 5.39. The van der Waals surface area contributed by atoms with E-state index in [2.05, 4.69) is 6.92 Å². The number of aliphatic hydroxyl groups excluding tert-OH is 2. The summed E-state index contributed by atoms with van der Waals surface area (Å²) in [5.41, 5.74) is -0.693. The molecule has 1 atom stereocenters. The molecule has 0 spiro atoms. The molecule has 5 heteroatoms. The molecule has 0 aliphatic heterocycles. The lowest BCUT2D eigenvalue weighted by Crippen LogP contribution is -2.37. The topological polar surface area (TPSA) is 76.0 Å². The summed E-state index contributed by atoms with van der Waals surface area (Å²) >= 11 is 0. The van der Waals surface area contributed by atoms with E-state index >= 15 is 0 Å². The maximum Gasteiger partial charge on any atom is 0.305 e. The van der Waals surface area contributed by atoms with Gasteiger partial charge in [-0.3, -0.25) is 4.79 Å². The van der Waals surface area contributed by atoms with Crippen LogP contribution >= 0.6 is 0 Å². The fraction of sp³-hybridized carbons (Fsp3) is 0.933. The minimum atomic E-state index is -0.693. The highest BCUT2D eigenvalue weighted by Gasteiger charge is 2.31. The number of rotatable bonds is 13. The molecular weight excluding hydrogens is 260 g/mol. The number of aliphatic hydroxyl groups is 2. The number of hydrogen-bond donors (Lipinski definition) is 2. The summed E-state index contributed by atoms with van der Waals surface area (Å²) in [6, 6.07) is 0. The zero-order chi connectivity index (χ0) is 15.3. The average molecular weight is 290 g/mol. The summed E-state index contributed by atoms with van der Waals surface area (Å²) in [7, 11) is 1.53. The normalized spacial score (nSPS) is 14.0. The van der Waals surface area contributed by atoms with Crippen molar-refractivity contribution < 1.29 is 24.5 Å². The Morgan fingerprint density at radius 2 is 1.80 bits per heavy atom. The van der Waals surface area contributed by atoms with Gasteiger partial charge in [0, 0.05) is 20.1 Å². The predicted octanol–water partition coefficient (Wildman–Crippen LogP) is 1.90. The highest BCUT2D eigenvalue weighted by molar-refractivity contribution is 5.69. The molecule has 5 nitrogen and oxygen atoms in total. The fourth-order valence-corrected chi connectivity index (χ4v) is 2.08. The second kappa shape index (κ2) is 12.1. The maximum atomic E-state index is 11.6. The van der Waals surface area contributed by atoms with Crippen LogP contribution in [0.4, 0.5) is 0 Å². The fourth-order valence-electron chi connectivity index (χ4n) is 2.08. The van der Waals surface area contributed by atoms with E-state index in [0.717, 1.165) is 19.3 Å². The standard InChI is InChI=1S/C15H30O5/c1-3-4-5-6-7-8-14(18)20-13-15(11-17,9-10-16)12-19-2/h16-17H,3-13H2,1-2H3. The highest BCUT2D eigenvalue weighted by Crippen LogP contribution is 2.22. The van der Waals surface area contributed by atoms with Crippen LogP contribution in [-0.4, -0.2) is 49.7 Å². The predicted molar refractivity (Wildman–Crippen MR) is 77.4 cm³/mol. The van der Waals surface area contributed by atoms with Gasteiger partial charge in [-0.1, -0.05) is 32.6 Å². The third kappa shape index (κ3) is 8.51. The number of carbonyl (C=O) groups excluding carboxylic acids is 1. The Morgan fingerprint density at radius 3 is 2.35 bits per heavy atom. The first kappa shape index (κ1) is 19.4. The van der Waals surface area contributed by atoms with Crippen LogP contribution < -0.4 is 0 Å². The van der Waals surface area contributed by atoms with Crippen molar-refractivity contribution in [2.45, 2.75) is 51.9 Å². The van der Waals surface area contributed by atoms with E-state index in [1.807, 2.05) is 0 Å². The van der Waals surface area contributed by atoms with E-state index < -0.39 is 5.41 Å². The van der Waals surface area contributed by atoms with Crippen LogP contribution in [0.3, 0.4) is 0 Å². The average Bonchev–Trinajstić information content (AvgIpc) is 2.45. The van der Waals surface area contributed by atoms with Crippen molar-refractivity contribution in [3.05, 3.63) is 0 Å². The van der Waals surface area contributed by atoms with E-state index in [-0.39, 0.29) is 32.4 Å². The molecule has 1 unspecified atom stereocenters. The molecule has 0 aromatic carbocycles. The number of esters is 1. The first-order valence-electron chi connectivity index (χ1n) is 7.50. The third-order valence-electron chi connectivity index (χ3n) is 3.45. The SMILES string of the molecule is CCCCCCCC(=O)OCC(CO)(CCO)COC. The molecule has 2 N–H and O–H groups in total. The first-order chi connectivity index (χ1) is 9.64. The van der Waals surface area contributed by atoms with Crippen molar-refractivity contribution in [2.24, 2.45) is 5.41 Å². The first-order valence-corrected chi connectivity index (χ1v) is 7.50. The van der Waals surface area contributed by atoms with Crippen LogP contribution in [0.5, 0.6) is 0 Å². The van der Waals surface area contributed by atoms with Crippen LogP contribution in [0.15, 0.2) is 0 Å². The molecule has 0 bridgehead atoms. The lowest BCUT2D eigenvalue weighted by Gasteiger charge is -2.29. The third-order valence-corrected chi connectivity index (χ3v) is 3.45. The Balaban J connectivity index is 3.98. The van der Waals surface area contributed by atoms with Crippen molar-refractivity contribution >= 4 is 5.97 Å². The van der Waals surface area contributed by atoms with Crippen molar-refractivity contribution in [2.75, 3.05) is 33.5 Å². The molecule has 20 heavy (non-hydrogen) atoms. The van der Waals surface area contributed by atoms with Gasteiger partial charge in [-0.2, -0.15) is 0 Å². The van der Waals surface area contributed by atoms with E-state index in [1.54, 1.807) is 0 Å². The van der Waals surface area contributed by atoms with Gasteiger partial charge >= 0.3 is 5.97 Å². The van der Waals surface area contributed by atoms with Crippen LogP contribution in [0.2, 0.25) is 0 Å². The van der Waals surface area contributed by atoms with Crippen molar-refractivity contribution in [3.8, 4) is 0 Å². The molecule has 0 radical (unpaired) electrons. The molecule has 0 fully saturated rings. The van der Waals surface area contributed by atoms with Gasteiger partial charge in [-0.05, 0) is 12.8 Å². The van der Waals surface area contributed by atoms with Gasteiger partial charge in [0.1, 0.15) is 6.61 Å². The molecule has 0 aromatic heterocycles. The number of methoxy groups -OCH3 is 1. The van der Waals surface area contributed by atoms with Crippen LogP contribution in [0.1, 0.15) is 51.9 Å². The zero-order valence-corrected chi connectivity index (χ0v) is 12.9. The molecule has 0 aliphatic rings. The zero-order valence-electron chi connectivity index (χ0n) is 12.9. The van der Waals surface area contributed by atoms with Gasteiger partial charge in [-0.25, -0.2) is 0 Å². The number of carbonyl (C=O) groups is 1. The Labute approximate surface area is 122 Å². The molecule has 0 saturated carbocycles. The Morgan fingerprint density at radius 1 is 1.10 bits per heavy atom. The van der Waals surface area contributed by atoms with Gasteiger partial charge in [0.05, 0.1) is 18.6 Å². The highest BCUT2D eigenvalue weighted by atomic mass is 16.5. The molecule has 0 aromatic rings. The smallest absolute Gasteiger partial charge is 0.305 e. The van der Waals surface area contributed by atoms with Crippen molar-refractivity contribution in [1.29, 1.82) is 0 Å². The van der Waals surface area contributed by atoms with Gasteiger partial charge in [0.2, 0.25) is 0 Å². The summed E-state index contributed by atoms with van der Waals surface area (Å²) in [5.74, 6) is -0.242. The number of hydrogen-bond acceptors (Lipinski definition) is 5. The minimum absolute atomic E-state index is 0.0709. The molecule has 0 saturated heterocycles. The Hall–Kier alpha value is -0.650. The monoisotopic (exact) mass is 290 g/mol. The van der Waals surface area contributed by atoms with Gasteiger partial charge in [0.25, 0.3) is 0 Å². The Kier molecular flexibility index (Phi) is 11.7. The summed E-state index contributed by atoms with van der Waals surface area (Å²) < 4.78 is 10.3. The lowest BCUT2D eigenvalue weighted by molar-refractivity contribution is -0.151. The van der Waals surface area contributed by atoms with E-state index in [9.17, 15) is 9.90 Å². The molecule has 0 rings (SSSR count). The summed E-state index contributed by atoms with van der Waals surface area (Å²) in [4.78, 5) is 11.6. The summed E-state index contributed by atoms with van der Waals surface area (Å²) in [6.45, 7) is 2.25. The van der Waals surface area contributed by atoms with Crippen LogP contribution in [0.25, 0.3) is 0 Å². The van der Waals surface area contributed by atoms with Crippen LogP contribution in [-0.2, 0) is 14.3 Å². The van der Waals surface area contributed by atoms with Gasteiger partial charge in [-0.15, -0.1) is 0 Å². The van der Waals surface area contributed by atoms with E-state index in [4.69, 9.17) is 14.6 Å². The van der Waals surface area contributed by atoms with E-state index in [1.165, 1.54) is 20.0 Å². The second-order valence-corrected chi connectivity index (χ2v) is 5.39.